The highest BCUT2D eigenvalue weighted by molar-refractivity contribution is 6.47. The number of aryl methyl sites for hydroxylation is 1. The maximum atomic E-state index is 15.1. The van der Waals surface area contributed by atoms with Crippen molar-refractivity contribution < 1.29 is 53.0 Å². The summed E-state index contributed by atoms with van der Waals surface area (Å²) in [6.07, 6.45) is -0.478. The number of carbonyl (C=O) groups excluding carboxylic acids is 4. The molecule has 2 aromatic rings. The molecule has 13 nitrogen and oxygen atoms in total. The molecular weight excluding hydrogens is 556 g/mol. The number of piperazine rings is 1. The number of carboxylic acids is 2. The van der Waals surface area contributed by atoms with Crippen molar-refractivity contribution in [3.05, 3.63) is 64.0 Å². The van der Waals surface area contributed by atoms with Crippen molar-refractivity contribution in [2.24, 2.45) is 0 Å². The minimum absolute atomic E-state index is 0.00979. The molecule has 4 amide bonds. The second-order valence-corrected chi connectivity index (χ2v) is 9.96. The van der Waals surface area contributed by atoms with Crippen molar-refractivity contribution >= 4 is 42.7 Å². The first kappa shape index (κ1) is 30.2. The molecule has 0 saturated carbocycles. The number of Topliss-reactive ketones (excluding diaryl/α,β-unsaturated/α-hetero) is 1. The van der Waals surface area contributed by atoms with E-state index in [0.717, 1.165) is 12.1 Å². The van der Waals surface area contributed by atoms with Gasteiger partial charge in [0.05, 0.1) is 5.56 Å². The summed E-state index contributed by atoms with van der Waals surface area (Å²) in [5.41, 5.74) is -0.137. The number of ketones is 1. The van der Waals surface area contributed by atoms with E-state index in [9.17, 15) is 44.0 Å². The van der Waals surface area contributed by atoms with Crippen LogP contribution in [0.3, 0.4) is 0 Å². The standard InChI is InChI=1S/C27H27BFN3O10/c1-3-31-8-9-32(24(35)23(31)34)27(40)30-21(17-7-6-15(25(36)37)11-18(17)29)19(33)12-16-10-14-5-4-13(2)20(26(38)39)22(14)42-28(16)41/h4-7,11,16,21,41H,3,8-10,12H2,1-2H3,(H,30,40)(H,36,37)(H,38,39)/t16-,21?/m1/s1. The molecule has 2 aliphatic rings. The highest BCUT2D eigenvalue weighted by Gasteiger charge is 2.41. The van der Waals surface area contributed by atoms with Gasteiger partial charge in [0.25, 0.3) is 0 Å². The van der Waals surface area contributed by atoms with Crippen molar-refractivity contribution in [1.29, 1.82) is 0 Å². The van der Waals surface area contributed by atoms with Gasteiger partial charge in [0.2, 0.25) is 0 Å². The van der Waals surface area contributed by atoms with E-state index < -0.39 is 77.9 Å². The van der Waals surface area contributed by atoms with Gasteiger partial charge in [-0.05, 0) is 43.5 Å². The summed E-state index contributed by atoms with van der Waals surface area (Å²) in [5.74, 6) is -7.66. The summed E-state index contributed by atoms with van der Waals surface area (Å²) in [7, 11) is -1.63. The maximum absolute atomic E-state index is 15.1. The fourth-order valence-corrected chi connectivity index (χ4v) is 5.03. The second kappa shape index (κ2) is 12.0. The summed E-state index contributed by atoms with van der Waals surface area (Å²) in [5, 5.41) is 31.7. The van der Waals surface area contributed by atoms with Gasteiger partial charge in [0, 0.05) is 37.4 Å². The average Bonchev–Trinajstić information content (AvgIpc) is 2.93. The van der Waals surface area contributed by atoms with Crippen molar-refractivity contribution in [3.63, 3.8) is 0 Å². The number of likely N-dealkylation sites (N-methyl/N-ethyl adjacent to an activating group) is 1. The lowest BCUT2D eigenvalue weighted by atomic mass is 9.64. The van der Waals surface area contributed by atoms with E-state index in [1.165, 1.54) is 4.90 Å². The molecule has 4 N–H and O–H groups in total. The van der Waals surface area contributed by atoms with Crippen molar-refractivity contribution in [1.82, 2.24) is 15.1 Å². The van der Waals surface area contributed by atoms with Crippen LogP contribution >= 0.6 is 0 Å². The fraction of sp³-hybridized carbons (Fsp3) is 0.333. The number of amides is 4. The third-order valence-corrected chi connectivity index (χ3v) is 7.33. The number of aromatic carboxylic acids is 2. The minimum Gasteiger partial charge on any atom is -0.535 e. The van der Waals surface area contributed by atoms with E-state index in [-0.39, 0.29) is 37.4 Å². The summed E-state index contributed by atoms with van der Waals surface area (Å²) >= 11 is 0. The predicted molar refractivity (Wildman–Crippen MR) is 142 cm³/mol. The predicted octanol–water partition coefficient (Wildman–Crippen LogP) is 1.42. The molecule has 2 aromatic carbocycles. The number of nitrogens with zero attached hydrogens (tertiary/aromatic N) is 2. The van der Waals surface area contributed by atoms with E-state index in [1.54, 1.807) is 26.0 Å². The molecule has 1 unspecified atom stereocenters. The Morgan fingerprint density at radius 1 is 1.10 bits per heavy atom. The van der Waals surface area contributed by atoms with Crippen molar-refractivity contribution in [2.45, 2.75) is 38.5 Å². The molecule has 15 heteroatoms. The quantitative estimate of drug-likeness (QED) is 0.261. The molecule has 0 aliphatic carbocycles. The Morgan fingerprint density at radius 2 is 1.81 bits per heavy atom. The number of rotatable bonds is 8. The first-order valence-corrected chi connectivity index (χ1v) is 13.0. The van der Waals surface area contributed by atoms with Gasteiger partial charge in [-0.15, -0.1) is 0 Å². The number of halogens is 1. The summed E-state index contributed by atoms with van der Waals surface area (Å²) < 4.78 is 20.6. The highest BCUT2D eigenvalue weighted by Crippen LogP contribution is 2.38. The number of benzene rings is 2. The number of hydrogen-bond acceptors (Lipinski definition) is 8. The third-order valence-electron chi connectivity index (χ3n) is 7.33. The zero-order chi connectivity index (χ0) is 30.9. The van der Waals surface area contributed by atoms with E-state index in [1.807, 2.05) is 0 Å². The average molecular weight is 583 g/mol. The Bertz CT molecular complexity index is 1500. The van der Waals surface area contributed by atoms with Crippen LogP contribution in [0.5, 0.6) is 5.75 Å². The van der Waals surface area contributed by atoms with Gasteiger partial charge in [0.1, 0.15) is 23.2 Å². The zero-order valence-corrected chi connectivity index (χ0v) is 22.6. The summed E-state index contributed by atoms with van der Waals surface area (Å²) in [6.45, 7) is 3.34. The number of carboxylic acid groups (broad SMARTS) is 2. The summed E-state index contributed by atoms with van der Waals surface area (Å²) in [4.78, 5) is 76.4. The summed E-state index contributed by atoms with van der Waals surface area (Å²) in [6, 6.07) is 2.99. The Hall–Kier alpha value is -4.79. The van der Waals surface area contributed by atoms with Gasteiger partial charge in [0.15, 0.2) is 5.78 Å². The SMILES string of the molecule is CCN1CCN(C(=O)NC(C(=O)C[C@H]2Cc3ccc(C)c(C(=O)O)c3OB2O)c2ccc(C(=O)O)cc2F)C(=O)C1=O. The molecule has 1 saturated heterocycles. The molecule has 1 fully saturated rings. The van der Waals surface area contributed by atoms with Crippen LogP contribution in [0.25, 0.3) is 0 Å². The van der Waals surface area contributed by atoms with Gasteiger partial charge in [-0.3, -0.25) is 19.3 Å². The van der Waals surface area contributed by atoms with Crippen LogP contribution in [-0.4, -0.2) is 87.4 Å². The van der Waals surface area contributed by atoms with Crippen LogP contribution in [0.15, 0.2) is 30.3 Å². The van der Waals surface area contributed by atoms with Crippen LogP contribution in [0.4, 0.5) is 9.18 Å². The first-order chi connectivity index (χ1) is 19.8. The number of carbonyl (C=O) groups is 6. The Labute approximate surface area is 239 Å². The molecule has 2 aliphatic heterocycles. The topological polar surface area (TPSA) is 191 Å². The molecule has 2 heterocycles. The number of hydrogen-bond donors (Lipinski definition) is 4. The molecule has 2 atom stereocenters. The number of imide groups is 1. The monoisotopic (exact) mass is 583 g/mol. The molecule has 0 bridgehead atoms. The molecule has 0 spiro atoms. The largest absolute Gasteiger partial charge is 0.535 e. The van der Waals surface area contributed by atoms with Gasteiger partial charge >= 0.3 is 36.9 Å². The molecule has 42 heavy (non-hydrogen) atoms. The lowest BCUT2D eigenvalue weighted by Crippen LogP contribution is -2.58. The van der Waals surface area contributed by atoms with Crippen molar-refractivity contribution in [3.8, 4) is 5.75 Å². The Morgan fingerprint density at radius 3 is 2.43 bits per heavy atom. The second-order valence-electron chi connectivity index (χ2n) is 9.96. The molecule has 220 valence electrons. The van der Waals surface area contributed by atoms with Crippen LogP contribution in [0.1, 0.15) is 56.8 Å². The zero-order valence-electron chi connectivity index (χ0n) is 22.6. The molecule has 0 aromatic heterocycles. The van der Waals surface area contributed by atoms with E-state index in [2.05, 4.69) is 5.32 Å². The van der Waals surface area contributed by atoms with Gasteiger partial charge in [-0.1, -0.05) is 18.2 Å². The molecule has 4 rings (SSSR count). The van der Waals surface area contributed by atoms with Gasteiger partial charge in [-0.25, -0.2) is 18.8 Å². The lowest BCUT2D eigenvalue weighted by molar-refractivity contribution is -0.153. The van der Waals surface area contributed by atoms with Crippen molar-refractivity contribution in [2.75, 3.05) is 19.6 Å². The molecule has 0 radical (unpaired) electrons. The minimum atomic E-state index is -1.74. The fourth-order valence-electron chi connectivity index (χ4n) is 5.03. The maximum Gasteiger partial charge on any atom is 0.526 e. The highest BCUT2D eigenvalue weighted by atomic mass is 19.1. The van der Waals surface area contributed by atoms with Crippen LogP contribution in [0.2, 0.25) is 5.82 Å². The third kappa shape index (κ3) is 5.81. The van der Waals surface area contributed by atoms with Crippen LogP contribution in [-0.2, 0) is 20.8 Å². The van der Waals surface area contributed by atoms with Gasteiger partial charge in [-0.2, -0.15) is 0 Å². The first-order valence-electron chi connectivity index (χ1n) is 13.0. The van der Waals surface area contributed by atoms with E-state index in [0.29, 0.717) is 22.1 Å². The van der Waals surface area contributed by atoms with E-state index in [4.69, 9.17) is 4.65 Å². The molecular formula is C27H27BFN3O10. The smallest absolute Gasteiger partial charge is 0.526 e. The Kier molecular flexibility index (Phi) is 8.61. The number of fused-ring (bicyclic) bond motifs is 1. The number of nitrogens with one attached hydrogen (secondary N) is 1. The van der Waals surface area contributed by atoms with Gasteiger partial charge < -0.3 is 30.1 Å². The van der Waals surface area contributed by atoms with Crippen LogP contribution in [0, 0.1) is 12.7 Å². The number of urea groups is 1. The van der Waals surface area contributed by atoms with E-state index >= 15 is 4.39 Å². The normalized spacial score (nSPS) is 17.3. The van der Waals surface area contributed by atoms with Crippen LogP contribution < -0.4 is 9.97 Å². The Balaban J connectivity index is 1.62. The lowest BCUT2D eigenvalue weighted by Gasteiger charge is -2.33.